The van der Waals surface area contributed by atoms with Gasteiger partial charge in [-0.3, -0.25) is 0 Å². The molecule has 0 unspecified atom stereocenters. The van der Waals surface area contributed by atoms with Crippen LogP contribution in [-0.2, 0) is 6.54 Å². The molecule has 1 N–H and O–H groups in total. The van der Waals surface area contributed by atoms with Crippen LogP contribution in [0.3, 0.4) is 0 Å². The topological polar surface area (TPSA) is 25.2 Å². The Balaban J connectivity index is 2.09. The summed E-state index contributed by atoms with van der Waals surface area (Å²) < 4.78 is 5.80. The minimum Gasteiger partial charge on any atom is -0.460 e. The average Bonchev–Trinajstić information content (AvgIpc) is 2.85. The SMILES string of the molecule is CC[C@H](C)NCc1ccc(-c2ccccc2Cl)o1. The van der Waals surface area contributed by atoms with Crippen LogP contribution in [0.1, 0.15) is 26.0 Å². The van der Waals surface area contributed by atoms with Crippen molar-refractivity contribution in [3.05, 3.63) is 47.2 Å². The van der Waals surface area contributed by atoms with Crippen molar-refractivity contribution in [2.75, 3.05) is 0 Å². The first-order valence-electron chi connectivity index (χ1n) is 6.27. The molecule has 0 saturated heterocycles. The summed E-state index contributed by atoms with van der Waals surface area (Å²) in [5, 5.41) is 4.12. The number of rotatable bonds is 5. The van der Waals surface area contributed by atoms with Gasteiger partial charge in [-0.25, -0.2) is 0 Å². The van der Waals surface area contributed by atoms with Crippen LogP contribution in [0.5, 0.6) is 0 Å². The van der Waals surface area contributed by atoms with Gasteiger partial charge in [-0.2, -0.15) is 0 Å². The Morgan fingerprint density at radius 1 is 1.22 bits per heavy atom. The summed E-state index contributed by atoms with van der Waals surface area (Å²) in [5.74, 6) is 1.76. The van der Waals surface area contributed by atoms with Crippen LogP contribution in [-0.4, -0.2) is 6.04 Å². The monoisotopic (exact) mass is 263 g/mol. The molecule has 2 aromatic rings. The first-order chi connectivity index (χ1) is 8.70. The number of nitrogens with one attached hydrogen (secondary N) is 1. The lowest BCUT2D eigenvalue weighted by Crippen LogP contribution is -2.24. The van der Waals surface area contributed by atoms with E-state index in [1.165, 1.54) is 0 Å². The molecule has 96 valence electrons. The second-order valence-corrected chi connectivity index (χ2v) is 4.84. The summed E-state index contributed by atoms with van der Waals surface area (Å²) in [5.41, 5.74) is 0.939. The third kappa shape index (κ3) is 3.15. The molecule has 1 aromatic heterocycles. The number of hydrogen-bond acceptors (Lipinski definition) is 2. The maximum absolute atomic E-state index is 6.14. The number of benzene rings is 1. The van der Waals surface area contributed by atoms with Gasteiger partial charge in [0.05, 0.1) is 11.6 Å². The van der Waals surface area contributed by atoms with Crippen molar-refractivity contribution in [1.82, 2.24) is 5.32 Å². The summed E-state index contributed by atoms with van der Waals surface area (Å²) in [6, 6.07) is 12.2. The van der Waals surface area contributed by atoms with Gasteiger partial charge < -0.3 is 9.73 Å². The summed E-state index contributed by atoms with van der Waals surface area (Å²) >= 11 is 6.14. The molecule has 2 nitrogen and oxygen atoms in total. The minimum atomic E-state index is 0.499. The van der Waals surface area contributed by atoms with Gasteiger partial charge in [-0.1, -0.05) is 30.7 Å². The van der Waals surface area contributed by atoms with Crippen molar-refractivity contribution in [2.45, 2.75) is 32.9 Å². The van der Waals surface area contributed by atoms with Crippen molar-refractivity contribution in [3.8, 4) is 11.3 Å². The second-order valence-electron chi connectivity index (χ2n) is 4.44. The fraction of sp³-hybridized carbons (Fsp3) is 0.333. The molecule has 18 heavy (non-hydrogen) atoms. The summed E-state index contributed by atoms with van der Waals surface area (Å²) in [4.78, 5) is 0. The van der Waals surface area contributed by atoms with Crippen LogP contribution >= 0.6 is 11.6 Å². The Hall–Kier alpha value is -1.25. The van der Waals surface area contributed by atoms with E-state index in [1.54, 1.807) is 0 Å². The normalized spacial score (nSPS) is 12.6. The third-order valence-electron chi connectivity index (χ3n) is 3.04. The fourth-order valence-electron chi connectivity index (χ4n) is 1.70. The molecule has 0 spiro atoms. The zero-order valence-corrected chi connectivity index (χ0v) is 11.5. The predicted octanol–water partition coefficient (Wildman–Crippen LogP) is 4.49. The van der Waals surface area contributed by atoms with Crippen LogP contribution in [0, 0.1) is 0 Å². The van der Waals surface area contributed by atoms with Crippen LogP contribution < -0.4 is 5.32 Å². The smallest absolute Gasteiger partial charge is 0.135 e. The Kier molecular flexibility index (Phi) is 4.45. The van der Waals surface area contributed by atoms with Gasteiger partial charge in [0.25, 0.3) is 0 Å². The highest BCUT2D eigenvalue weighted by atomic mass is 35.5. The lowest BCUT2D eigenvalue weighted by molar-refractivity contribution is 0.457. The molecule has 1 heterocycles. The highest BCUT2D eigenvalue weighted by Crippen LogP contribution is 2.28. The van der Waals surface area contributed by atoms with Crippen LogP contribution in [0.15, 0.2) is 40.8 Å². The molecule has 1 atom stereocenters. The molecule has 0 radical (unpaired) electrons. The van der Waals surface area contributed by atoms with Gasteiger partial charge >= 0.3 is 0 Å². The van der Waals surface area contributed by atoms with Gasteiger partial charge in [-0.15, -0.1) is 0 Å². The zero-order chi connectivity index (χ0) is 13.0. The largest absolute Gasteiger partial charge is 0.460 e. The molecule has 0 saturated carbocycles. The van der Waals surface area contributed by atoms with E-state index in [0.29, 0.717) is 11.1 Å². The Bertz CT molecular complexity index is 507. The molecule has 0 aliphatic heterocycles. The summed E-state index contributed by atoms with van der Waals surface area (Å²) in [7, 11) is 0. The van der Waals surface area contributed by atoms with E-state index in [-0.39, 0.29) is 0 Å². The van der Waals surface area contributed by atoms with Crippen molar-refractivity contribution >= 4 is 11.6 Å². The molecule has 2 rings (SSSR count). The molecule has 0 aliphatic rings. The quantitative estimate of drug-likeness (QED) is 0.860. The third-order valence-corrected chi connectivity index (χ3v) is 3.37. The highest BCUT2D eigenvalue weighted by molar-refractivity contribution is 6.33. The Morgan fingerprint density at radius 3 is 2.72 bits per heavy atom. The maximum Gasteiger partial charge on any atom is 0.135 e. The van der Waals surface area contributed by atoms with E-state index < -0.39 is 0 Å². The Labute approximate surface area is 113 Å². The first-order valence-corrected chi connectivity index (χ1v) is 6.65. The van der Waals surface area contributed by atoms with E-state index in [0.717, 1.165) is 30.0 Å². The van der Waals surface area contributed by atoms with Gasteiger partial charge in [0.2, 0.25) is 0 Å². The molecule has 0 amide bonds. The van der Waals surface area contributed by atoms with E-state index in [2.05, 4.69) is 19.2 Å². The van der Waals surface area contributed by atoms with Crippen molar-refractivity contribution in [1.29, 1.82) is 0 Å². The van der Waals surface area contributed by atoms with E-state index in [4.69, 9.17) is 16.0 Å². The zero-order valence-electron chi connectivity index (χ0n) is 10.7. The lowest BCUT2D eigenvalue weighted by atomic mass is 10.2. The van der Waals surface area contributed by atoms with Crippen LogP contribution in [0.25, 0.3) is 11.3 Å². The van der Waals surface area contributed by atoms with Crippen LogP contribution in [0.4, 0.5) is 0 Å². The molecule has 0 aliphatic carbocycles. The molecule has 0 bridgehead atoms. The predicted molar refractivity (Wildman–Crippen MR) is 75.7 cm³/mol. The first kappa shape index (κ1) is 13.2. The van der Waals surface area contributed by atoms with E-state index >= 15 is 0 Å². The minimum absolute atomic E-state index is 0.499. The van der Waals surface area contributed by atoms with Crippen molar-refractivity contribution in [3.63, 3.8) is 0 Å². The average molecular weight is 264 g/mol. The molecule has 3 heteroatoms. The number of halogens is 1. The molecular formula is C15H18ClNO. The standard InChI is InChI=1S/C15H18ClNO/c1-3-11(2)17-10-12-8-9-15(18-12)13-6-4-5-7-14(13)16/h4-9,11,17H,3,10H2,1-2H3/t11-/m0/s1. The highest BCUT2D eigenvalue weighted by Gasteiger charge is 2.08. The lowest BCUT2D eigenvalue weighted by Gasteiger charge is -2.09. The number of furan rings is 1. The van der Waals surface area contributed by atoms with Gasteiger partial charge in [0.1, 0.15) is 11.5 Å². The summed E-state index contributed by atoms with van der Waals surface area (Å²) in [6.07, 6.45) is 1.11. The fourth-order valence-corrected chi connectivity index (χ4v) is 1.93. The second kappa shape index (κ2) is 6.07. The molecule has 0 fully saturated rings. The van der Waals surface area contributed by atoms with Gasteiger partial charge in [0.15, 0.2) is 0 Å². The molecular weight excluding hydrogens is 246 g/mol. The van der Waals surface area contributed by atoms with Crippen molar-refractivity contribution in [2.24, 2.45) is 0 Å². The maximum atomic E-state index is 6.14. The van der Waals surface area contributed by atoms with Gasteiger partial charge in [0, 0.05) is 11.6 Å². The van der Waals surface area contributed by atoms with E-state index in [9.17, 15) is 0 Å². The van der Waals surface area contributed by atoms with Crippen molar-refractivity contribution < 1.29 is 4.42 Å². The van der Waals surface area contributed by atoms with Gasteiger partial charge in [-0.05, 0) is 37.6 Å². The van der Waals surface area contributed by atoms with Crippen LogP contribution in [0.2, 0.25) is 5.02 Å². The number of hydrogen-bond donors (Lipinski definition) is 1. The Morgan fingerprint density at radius 2 is 2.00 bits per heavy atom. The van der Waals surface area contributed by atoms with E-state index in [1.807, 2.05) is 36.4 Å². The summed E-state index contributed by atoms with van der Waals surface area (Å²) in [6.45, 7) is 5.08. The molecule has 1 aromatic carbocycles.